The molecule has 0 aliphatic carbocycles. The second kappa shape index (κ2) is 9.62. The lowest BCUT2D eigenvalue weighted by Gasteiger charge is -2.24. The van der Waals surface area contributed by atoms with Crippen molar-refractivity contribution in [3.05, 3.63) is 66.2 Å². The molecule has 25 heavy (non-hydrogen) atoms. The smallest absolute Gasteiger partial charge is 0.242 e. The van der Waals surface area contributed by atoms with Gasteiger partial charge in [-0.15, -0.1) is 0 Å². The van der Waals surface area contributed by atoms with Crippen LogP contribution in [-0.2, 0) is 9.59 Å². The van der Waals surface area contributed by atoms with Gasteiger partial charge in [0.15, 0.2) is 0 Å². The van der Waals surface area contributed by atoms with Crippen molar-refractivity contribution in [2.45, 2.75) is 38.8 Å². The lowest BCUT2D eigenvalue weighted by molar-refractivity contribution is -0.123. The number of amides is 1. The van der Waals surface area contributed by atoms with Crippen molar-refractivity contribution in [1.29, 1.82) is 0 Å². The number of benzene rings is 2. The Hall–Kier alpha value is -2.62. The summed E-state index contributed by atoms with van der Waals surface area (Å²) in [5.41, 5.74) is 1.85. The zero-order chi connectivity index (χ0) is 18.1. The molecule has 0 heterocycles. The third-order valence-electron chi connectivity index (χ3n) is 3.99. The summed E-state index contributed by atoms with van der Waals surface area (Å²) in [4.78, 5) is 23.9. The molecule has 0 aromatic heterocycles. The van der Waals surface area contributed by atoms with E-state index in [-0.39, 0.29) is 24.4 Å². The molecule has 0 aliphatic rings. The Morgan fingerprint density at radius 2 is 1.60 bits per heavy atom. The highest BCUT2D eigenvalue weighted by Gasteiger charge is 2.23. The van der Waals surface area contributed by atoms with Crippen LogP contribution in [0.3, 0.4) is 0 Å². The van der Waals surface area contributed by atoms with Crippen LogP contribution in [0.2, 0.25) is 0 Å². The van der Waals surface area contributed by atoms with Crippen LogP contribution in [0.4, 0.5) is 5.69 Å². The van der Waals surface area contributed by atoms with E-state index in [4.69, 9.17) is 0 Å². The van der Waals surface area contributed by atoms with E-state index in [0.29, 0.717) is 12.3 Å². The second-order valence-corrected chi connectivity index (χ2v) is 6.57. The fraction of sp³-hybridized carbons (Fsp3) is 0.333. The van der Waals surface area contributed by atoms with E-state index in [0.717, 1.165) is 17.5 Å². The molecule has 0 bridgehead atoms. The monoisotopic (exact) mass is 338 g/mol. The zero-order valence-electron chi connectivity index (χ0n) is 14.8. The molecular weight excluding hydrogens is 312 g/mol. The van der Waals surface area contributed by atoms with Gasteiger partial charge in [-0.1, -0.05) is 62.4 Å². The second-order valence-electron chi connectivity index (χ2n) is 6.57. The van der Waals surface area contributed by atoms with Crippen molar-refractivity contribution >= 4 is 17.9 Å². The van der Waals surface area contributed by atoms with Crippen LogP contribution in [0.1, 0.15) is 38.3 Å². The predicted molar refractivity (Wildman–Crippen MR) is 101 cm³/mol. The molecule has 1 amide bonds. The third-order valence-corrected chi connectivity index (χ3v) is 3.99. The number of aldehydes is 1. The van der Waals surface area contributed by atoms with Crippen molar-refractivity contribution in [3.63, 3.8) is 0 Å². The Labute approximate surface area is 149 Å². The maximum atomic E-state index is 12.9. The first kappa shape index (κ1) is 18.7. The highest BCUT2D eigenvalue weighted by Crippen LogP contribution is 2.18. The van der Waals surface area contributed by atoms with Gasteiger partial charge in [0.05, 0.1) is 6.04 Å². The lowest BCUT2D eigenvalue weighted by atomic mass is 10.00. The van der Waals surface area contributed by atoms with E-state index in [2.05, 4.69) is 24.5 Å². The third kappa shape index (κ3) is 6.07. The van der Waals surface area contributed by atoms with Crippen LogP contribution in [0, 0.1) is 5.92 Å². The van der Waals surface area contributed by atoms with Crippen LogP contribution in [0.25, 0.3) is 0 Å². The Morgan fingerprint density at radius 3 is 2.16 bits per heavy atom. The number of para-hydroxylation sites is 1. The van der Waals surface area contributed by atoms with Gasteiger partial charge in [0.2, 0.25) is 5.91 Å². The maximum Gasteiger partial charge on any atom is 0.242 e. The first-order valence-electron chi connectivity index (χ1n) is 8.70. The summed E-state index contributed by atoms with van der Waals surface area (Å²) in [7, 11) is 0. The topological polar surface area (TPSA) is 58.2 Å². The first-order valence-corrected chi connectivity index (χ1v) is 8.70. The molecular formula is C21H26N2O2. The van der Waals surface area contributed by atoms with Gasteiger partial charge in [0.1, 0.15) is 12.3 Å². The standard InChI is InChI=1S/C21H26N2O2/c1-16(2)15-20(22-18-11-7-4-8-12-18)21(25)23-19(13-14-24)17-9-5-3-6-10-17/h3-12,14,16,19-20,22H,13,15H2,1-2H3,(H,23,25)/t19-,20+/m1/s1. The van der Waals surface area contributed by atoms with Crippen molar-refractivity contribution in [2.24, 2.45) is 5.92 Å². The molecule has 0 aliphatic heterocycles. The van der Waals surface area contributed by atoms with Gasteiger partial charge in [0, 0.05) is 12.1 Å². The fourth-order valence-corrected chi connectivity index (χ4v) is 2.77. The molecule has 0 spiro atoms. The highest BCUT2D eigenvalue weighted by molar-refractivity contribution is 5.85. The molecule has 132 valence electrons. The van der Waals surface area contributed by atoms with Crippen molar-refractivity contribution in [3.8, 4) is 0 Å². The van der Waals surface area contributed by atoms with E-state index in [1.165, 1.54) is 0 Å². The average molecular weight is 338 g/mol. The molecule has 2 aromatic carbocycles. The van der Waals surface area contributed by atoms with E-state index >= 15 is 0 Å². The van der Waals surface area contributed by atoms with Crippen LogP contribution >= 0.6 is 0 Å². The molecule has 0 fully saturated rings. The summed E-state index contributed by atoms with van der Waals surface area (Å²) >= 11 is 0. The van der Waals surface area contributed by atoms with Crippen molar-refractivity contribution < 1.29 is 9.59 Å². The summed E-state index contributed by atoms with van der Waals surface area (Å²) < 4.78 is 0. The van der Waals surface area contributed by atoms with Gasteiger partial charge in [-0.3, -0.25) is 4.79 Å². The van der Waals surface area contributed by atoms with Gasteiger partial charge in [-0.2, -0.15) is 0 Å². The van der Waals surface area contributed by atoms with Gasteiger partial charge >= 0.3 is 0 Å². The molecule has 2 rings (SSSR count). The molecule has 2 atom stereocenters. The summed E-state index contributed by atoms with van der Waals surface area (Å²) in [6, 6.07) is 18.6. The average Bonchev–Trinajstić information content (AvgIpc) is 2.62. The minimum atomic E-state index is -0.347. The highest BCUT2D eigenvalue weighted by atomic mass is 16.2. The summed E-state index contributed by atoms with van der Waals surface area (Å²) in [6.07, 6.45) is 1.82. The lowest BCUT2D eigenvalue weighted by Crippen LogP contribution is -2.42. The Bertz CT molecular complexity index is 656. The molecule has 0 unspecified atom stereocenters. The van der Waals surface area contributed by atoms with Crippen LogP contribution in [-0.4, -0.2) is 18.2 Å². The van der Waals surface area contributed by atoms with E-state index < -0.39 is 0 Å². The quantitative estimate of drug-likeness (QED) is 0.681. The largest absolute Gasteiger partial charge is 0.374 e. The molecule has 2 aromatic rings. The predicted octanol–water partition coefficient (Wildman–Crippen LogP) is 3.96. The molecule has 4 nitrogen and oxygen atoms in total. The van der Waals surface area contributed by atoms with E-state index in [1.54, 1.807) is 0 Å². The number of carbonyl (C=O) groups is 2. The number of hydrogen-bond donors (Lipinski definition) is 2. The fourth-order valence-electron chi connectivity index (χ4n) is 2.77. The van der Waals surface area contributed by atoms with Crippen LogP contribution in [0.15, 0.2) is 60.7 Å². The van der Waals surface area contributed by atoms with Gasteiger partial charge in [-0.05, 0) is 30.0 Å². The zero-order valence-corrected chi connectivity index (χ0v) is 14.8. The minimum Gasteiger partial charge on any atom is -0.374 e. The SMILES string of the molecule is CC(C)C[C@H](Nc1ccccc1)C(=O)N[C@H](CC=O)c1ccccc1. The molecule has 0 radical (unpaired) electrons. The number of carbonyl (C=O) groups excluding carboxylic acids is 2. The van der Waals surface area contributed by atoms with E-state index in [9.17, 15) is 9.59 Å². The molecule has 2 N–H and O–H groups in total. The minimum absolute atomic E-state index is 0.0896. The summed E-state index contributed by atoms with van der Waals surface area (Å²) in [6.45, 7) is 4.18. The van der Waals surface area contributed by atoms with Gasteiger partial charge in [-0.25, -0.2) is 0 Å². The normalized spacial score (nSPS) is 13.1. The van der Waals surface area contributed by atoms with Gasteiger partial charge in [0.25, 0.3) is 0 Å². The van der Waals surface area contributed by atoms with E-state index in [1.807, 2.05) is 60.7 Å². The molecule has 4 heteroatoms. The van der Waals surface area contributed by atoms with Crippen LogP contribution < -0.4 is 10.6 Å². The maximum absolute atomic E-state index is 12.9. The van der Waals surface area contributed by atoms with Crippen molar-refractivity contribution in [2.75, 3.05) is 5.32 Å². The summed E-state index contributed by atoms with van der Waals surface area (Å²) in [5, 5.41) is 6.34. The van der Waals surface area contributed by atoms with Gasteiger partial charge < -0.3 is 15.4 Å². The number of hydrogen-bond acceptors (Lipinski definition) is 3. The number of anilines is 1. The summed E-state index contributed by atoms with van der Waals surface area (Å²) in [5.74, 6) is 0.279. The van der Waals surface area contributed by atoms with Crippen LogP contribution in [0.5, 0.6) is 0 Å². The number of rotatable bonds is 9. The first-order chi connectivity index (χ1) is 12.1. The number of nitrogens with one attached hydrogen (secondary N) is 2. The van der Waals surface area contributed by atoms with Crippen molar-refractivity contribution in [1.82, 2.24) is 5.32 Å². The molecule has 0 saturated carbocycles. The Balaban J connectivity index is 2.12. The Kier molecular flexibility index (Phi) is 7.20. The molecule has 0 saturated heterocycles. The Morgan fingerprint density at radius 1 is 1.00 bits per heavy atom.